The molecule has 168 valence electrons. The van der Waals surface area contributed by atoms with Gasteiger partial charge in [0.2, 0.25) is 0 Å². The number of hydrogen-bond donors (Lipinski definition) is 1. The zero-order valence-electron chi connectivity index (χ0n) is 17.8. The summed E-state index contributed by atoms with van der Waals surface area (Å²) in [5.74, 6) is 1.20. The monoisotopic (exact) mass is 475 g/mol. The van der Waals surface area contributed by atoms with Gasteiger partial charge in [-0.2, -0.15) is 0 Å². The number of anilines is 2. The molecule has 0 saturated carbocycles. The summed E-state index contributed by atoms with van der Waals surface area (Å²) >= 11 is 1.22. The van der Waals surface area contributed by atoms with Crippen molar-refractivity contribution in [3.8, 4) is 28.5 Å². The first-order valence-corrected chi connectivity index (χ1v) is 11.8. The van der Waals surface area contributed by atoms with Crippen molar-refractivity contribution in [2.75, 3.05) is 37.5 Å². The average molecular weight is 476 g/mol. The molecule has 1 aromatic heterocycles. The van der Waals surface area contributed by atoms with E-state index in [1.54, 1.807) is 19.2 Å². The number of nitrogens with one attached hydrogen (secondary N) is 1. The highest BCUT2D eigenvalue weighted by atomic mass is 32.2. The van der Waals surface area contributed by atoms with Crippen molar-refractivity contribution in [3.05, 3.63) is 41.3 Å². The number of carbonyl (C=O) groups excluding carboxylic acids is 1. The van der Waals surface area contributed by atoms with E-state index in [0.29, 0.717) is 28.6 Å². The van der Waals surface area contributed by atoms with E-state index in [4.69, 9.17) is 14.2 Å². The van der Waals surface area contributed by atoms with Gasteiger partial charge in [0.1, 0.15) is 5.75 Å². The molecule has 0 aliphatic carbocycles. The first-order chi connectivity index (χ1) is 15.2. The Morgan fingerprint density at radius 3 is 2.59 bits per heavy atom. The highest BCUT2D eigenvalue weighted by Gasteiger charge is 2.24. The summed E-state index contributed by atoms with van der Waals surface area (Å²) in [6, 6.07) is 9.76. The van der Waals surface area contributed by atoms with Crippen LogP contribution in [0.3, 0.4) is 0 Å². The van der Waals surface area contributed by atoms with Gasteiger partial charge in [0, 0.05) is 23.6 Å². The van der Waals surface area contributed by atoms with Crippen molar-refractivity contribution >= 4 is 38.1 Å². The second-order valence-electron chi connectivity index (χ2n) is 6.97. The van der Waals surface area contributed by atoms with Crippen LogP contribution in [0.2, 0.25) is 0 Å². The second kappa shape index (κ2) is 8.32. The first kappa shape index (κ1) is 21.9. The summed E-state index contributed by atoms with van der Waals surface area (Å²) in [7, 11) is 0.701. The third-order valence-electron chi connectivity index (χ3n) is 5.00. The molecule has 0 radical (unpaired) electrons. The molecule has 1 aliphatic heterocycles. The lowest BCUT2D eigenvalue weighted by atomic mass is 10.1. The Bertz CT molecular complexity index is 1300. The van der Waals surface area contributed by atoms with Crippen molar-refractivity contribution in [2.45, 2.75) is 11.8 Å². The van der Waals surface area contributed by atoms with Crippen molar-refractivity contribution in [1.29, 1.82) is 0 Å². The molecule has 0 bridgehead atoms. The van der Waals surface area contributed by atoms with Gasteiger partial charge in [-0.15, -0.1) is 11.3 Å². The number of hydrogen-bond acceptors (Lipinski definition) is 8. The molecule has 0 fully saturated rings. The number of nitrogens with zero attached hydrogens (tertiary/aromatic N) is 2. The molecule has 0 unspecified atom stereocenters. The molecular formula is C21H21N3O6S2. The maximum atomic E-state index is 12.9. The highest BCUT2D eigenvalue weighted by molar-refractivity contribution is 7.93. The quantitative estimate of drug-likeness (QED) is 0.583. The molecule has 1 aliphatic rings. The molecule has 2 heterocycles. The van der Waals surface area contributed by atoms with Crippen LogP contribution in [-0.2, 0) is 14.8 Å². The molecule has 3 aromatic rings. The van der Waals surface area contributed by atoms with Crippen LogP contribution in [0.4, 0.5) is 10.8 Å². The van der Waals surface area contributed by atoms with E-state index in [1.165, 1.54) is 48.7 Å². The molecule has 0 saturated heterocycles. The van der Waals surface area contributed by atoms with Crippen molar-refractivity contribution in [1.82, 2.24) is 4.98 Å². The van der Waals surface area contributed by atoms with Gasteiger partial charge in [-0.3, -0.25) is 9.52 Å². The molecule has 0 spiro atoms. The van der Waals surface area contributed by atoms with Gasteiger partial charge >= 0.3 is 0 Å². The smallest absolute Gasteiger partial charge is 0.264 e. The molecular weight excluding hydrogens is 454 g/mol. The SMILES string of the molecule is COc1ccc(S(=O)(=O)Nc2nc(-c3ccc4c(c3)N(C)C(=O)CO4)c(C)s2)cc1OC. The number of amides is 1. The molecule has 9 nitrogen and oxygen atoms in total. The predicted octanol–water partition coefficient (Wildman–Crippen LogP) is 3.29. The lowest BCUT2D eigenvalue weighted by Gasteiger charge is -2.26. The maximum Gasteiger partial charge on any atom is 0.264 e. The van der Waals surface area contributed by atoms with E-state index in [9.17, 15) is 13.2 Å². The third-order valence-corrected chi connectivity index (χ3v) is 7.35. The van der Waals surface area contributed by atoms with E-state index < -0.39 is 10.0 Å². The topological polar surface area (TPSA) is 107 Å². The Balaban J connectivity index is 1.64. The maximum absolute atomic E-state index is 12.9. The third kappa shape index (κ3) is 3.96. The molecule has 4 rings (SSSR count). The van der Waals surface area contributed by atoms with Crippen LogP contribution >= 0.6 is 11.3 Å². The Morgan fingerprint density at radius 2 is 1.88 bits per heavy atom. The summed E-state index contributed by atoms with van der Waals surface area (Å²) in [6.07, 6.45) is 0. The number of methoxy groups -OCH3 is 2. The summed E-state index contributed by atoms with van der Waals surface area (Å²) in [6.45, 7) is 1.85. The number of thiazole rings is 1. The lowest BCUT2D eigenvalue weighted by molar-refractivity contribution is -0.120. The van der Waals surface area contributed by atoms with Crippen molar-refractivity contribution in [3.63, 3.8) is 0 Å². The second-order valence-corrected chi connectivity index (χ2v) is 9.86. The van der Waals surface area contributed by atoms with E-state index in [0.717, 1.165) is 10.4 Å². The van der Waals surface area contributed by atoms with E-state index in [2.05, 4.69) is 9.71 Å². The van der Waals surface area contributed by atoms with Gasteiger partial charge in [-0.25, -0.2) is 13.4 Å². The van der Waals surface area contributed by atoms with E-state index in [-0.39, 0.29) is 22.5 Å². The number of rotatable bonds is 6. The number of benzene rings is 2. The summed E-state index contributed by atoms with van der Waals surface area (Å²) in [5, 5.41) is 0.227. The van der Waals surface area contributed by atoms with Crippen molar-refractivity contribution < 1.29 is 27.4 Å². The Hall–Kier alpha value is -3.31. The molecule has 11 heteroatoms. The largest absolute Gasteiger partial charge is 0.493 e. The van der Waals surface area contributed by atoms with Crippen molar-refractivity contribution in [2.24, 2.45) is 0 Å². The minimum atomic E-state index is -3.90. The Kier molecular flexibility index (Phi) is 5.70. The van der Waals surface area contributed by atoms with E-state index in [1.807, 2.05) is 13.0 Å². The van der Waals surface area contributed by atoms with Gasteiger partial charge in [-0.05, 0) is 37.3 Å². The number of sulfonamides is 1. The van der Waals surface area contributed by atoms with E-state index >= 15 is 0 Å². The number of fused-ring (bicyclic) bond motifs is 1. The number of ether oxygens (including phenoxy) is 3. The van der Waals surface area contributed by atoms with Crippen LogP contribution in [0.1, 0.15) is 4.88 Å². The van der Waals surface area contributed by atoms with Gasteiger partial charge < -0.3 is 19.1 Å². The fourth-order valence-corrected chi connectivity index (χ4v) is 5.37. The van der Waals surface area contributed by atoms with Gasteiger partial charge in [0.15, 0.2) is 23.2 Å². The van der Waals surface area contributed by atoms with Crippen LogP contribution in [0.15, 0.2) is 41.3 Å². The molecule has 32 heavy (non-hydrogen) atoms. The lowest BCUT2D eigenvalue weighted by Crippen LogP contribution is -2.35. The van der Waals surface area contributed by atoms with Gasteiger partial charge in [0.25, 0.3) is 15.9 Å². The Labute approximate surface area is 189 Å². The minimum absolute atomic E-state index is 0.000644. The molecule has 1 amide bonds. The summed E-state index contributed by atoms with van der Waals surface area (Å²) in [4.78, 5) is 18.8. The summed E-state index contributed by atoms with van der Waals surface area (Å²) in [5.41, 5.74) is 2.01. The fraction of sp³-hybridized carbons (Fsp3) is 0.238. The first-order valence-electron chi connectivity index (χ1n) is 9.49. The zero-order chi connectivity index (χ0) is 23.0. The number of aryl methyl sites for hydroxylation is 1. The average Bonchev–Trinajstić information content (AvgIpc) is 3.14. The zero-order valence-corrected chi connectivity index (χ0v) is 19.5. The van der Waals surface area contributed by atoms with Gasteiger partial charge in [-0.1, -0.05) is 0 Å². The number of aromatic nitrogens is 1. The Morgan fingerprint density at radius 1 is 1.12 bits per heavy atom. The van der Waals surface area contributed by atoms with Gasteiger partial charge in [0.05, 0.1) is 30.5 Å². The molecule has 0 atom stereocenters. The molecule has 1 N–H and O–H groups in total. The van der Waals surface area contributed by atoms with Crippen LogP contribution in [0.5, 0.6) is 17.2 Å². The fourth-order valence-electron chi connectivity index (χ4n) is 3.28. The number of carbonyl (C=O) groups is 1. The summed E-state index contributed by atoms with van der Waals surface area (Å²) < 4.78 is 44.1. The highest BCUT2D eigenvalue weighted by Crippen LogP contribution is 2.38. The van der Waals surface area contributed by atoms with Crippen LogP contribution in [-0.4, -0.2) is 47.2 Å². The molecule has 2 aromatic carbocycles. The minimum Gasteiger partial charge on any atom is -0.493 e. The standard InChI is InChI=1S/C21H21N3O6S2/c1-12-20(13-5-7-16-15(9-13)24(2)19(25)11-30-16)22-21(31-12)23-32(26,27)14-6-8-17(28-3)18(10-14)29-4/h5-10H,11H2,1-4H3,(H,22,23). The van der Waals surface area contributed by atoms with Crippen LogP contribution < -0.4 is 23.8 Å². The normalized spacial score (nSPS) is 13.4. The van der Waals surface area contributed by atoms with Crippen LogP contribution in [0, 0.1) is 6.92 Å². The van der Waals surface area contributed by atoms with Crippen LogP contribution in [0.25, 0.3) is 11.3 Å². The number of likely N-dealkylation sites (N-methyl/N-ethyl adjacent to an activating group) is 1. The predicted molar refractivity (Wildman–Crippen MR) is 122 cm³/mol.